The van der Waals surface area contributed by atoms with Crippen molar-refractivity contribution in [3.8, 4) is 0 Å². The van der Waals surface area contributed by atoms with Crippen LogP contribution in [0.1, 0.15) is 10.6 Å². The summed E-state index contributed by atoms with van der Waals surface area (Å²) < 4.78 is 14.7. The van der Waals surface area contributed by atoms with Crippen LogP contribution in [0.25, 0.3) is 23.1 Å². The molecule has 4 nitrogen and oxygen atoms in total. The number of halogens is 1. The van der Waals surface area contributed by atoms with E-state index in [9.17, 15) is 9.18 Å². The highest BCUT2D eigenvalue weighted by Crippen LogP contribution is 2.23. The van der Waals surface area contributed by atoms with Gasteiger partial charge in [-0.25, -0.2) is 9.18 Å². The molecule has 0 aliphatic heterocycles. The van der Waals surface area contributed by atoms with E-state index in [4.69, 9.17) is 5.73 Å². The van der Waals surface area contributed by atoms with Crippen LogP contribution in [0.3, 0.4) is 0 Å². The van der Waals surface area contributed by atoms with Crippen molar-refractivity contribution in [1.82, 2.24) is 9.78 Å². The number of nitrogens with zero attached hydrogens (tertiary/aromatic N) is 2. The fourth-order valence-corrected chi connectivity index (χ4v) is 2.60. The Hall–Kier alpha value is -2.47. The normalized spacial score (nSPS) is 11.4. The first kappa shape index (κ1) is 12.6. The van der Waals surface area contributed by atoms with Gasteiger partial charge in [0, 0.05) is 10.3 Å². The van der Waals surface area contributed by atoms with Crippen LogP contribution < -0.4 is 5.73 Å². The molecule has 0 spiro atoms. The fraction of sp³-hybridized carbons (Fsp3) is 0. The van der Waals surface area contributed by atoms with Gasteiger partial charge in [-0.3, -0.25) is 0 Å². The Balaban J connectivity index is 2.17. The smallest absolute Gasteiger partial charge is 0.340 e. The summed E-state index contributed by atoms with van der Waals surface area (Å²) in [5.41, 5.74) is 5.83. The van der Waals surface area contributed by atoms with Crippen LogP contribution in [0.2, 0.25) is 0 Å². The molecular weight excluding hydrogens is 277 g/mol. The fourth-order valence-electron chi connectivity index (χ4n) is 1.98. The maximum atomic E-state index is 13.8. The molecule has 20 heavy (non-hydrogen) atoms. The SMILES string of the molecule is NC(=O)n1nc(C=Cc2cccs2)c2cccc(F)c21. The van der Waals surface area contributed by atoms with E-state index >= 15 is 0 Å². The Morgan fingerprint density at radius 1 is 1.30 bits per heavy atom. The van der Waals surface area contributed by atoms with Crippen molar-refractivity contribution in [3.05, 3.63) is 52.1 Å². The number of para-hydroxylation sites is 1. The molecule has 3 rings (SSSR count). The van der Waals surface area contributed by atoms with Crippen LogP contribution in [-0.4, -0.2) is 15.8 Å². The third kappa shape index (κ3) is 2.10. The summed E-state index contributed by atoms with van der Waals surface area (Å²) in [6.07, 6.45) is 3.61. The van der Waals surface area contributed by atoms with Crippen molar-refractivity contribution >= 4 is 40.4 Å². The monoisotopic (exact) mass is 287 g/mol. The van der Waals surface area contributed by atoms with Crippen molar-refractivity contribution in [3.63, 3.8) is 0 Å². The van der Waals surface area contributed by atoms with Crippen molar-refractivity contribution in [2.75, 3.05) is 0 Å². The summed E-state index contributed by atoms with van der Waals surface area (Å²) >= 11 is 1.58. The van der Waals surface area contributed by atoms with Gasteiger partial charge < -0.3 is 5.73 Å². The summed E-state index contributed by atoms with van der Waals surface area (Å²) in [5.74, 6) is -0.524. The maximum Gasteiger partial charge on any atom is 0.340 e. The Bertz CT molecular complexity index is 805. The highest BCUT2D eigenvalue weighted by molar-refractivity contribution is 7.10. The van der Waals surface area contributed by atoms with Crippen molar-refractivity contribution in [2.24, 2.45) is 5.73 Å². The third-order valence-electron chi connectivity index (χ3n) is 2.84. The zero-order chi connectivity index (χ0) is 14.1. The van der Waals surface area contributed by atoms with Gasteiger partial charge in [-0.2, -0.15) is 9.78 Å². The average Bonchev–Trinajstić information content (AvgIpc) is 3.04. The average molecular weight is 287 g/mol. The Morgan fingerprint density at radius 2 is 2.15 bits per heavy atom. The number of benzene rings is 1. The van der Waals surface area contributed by atoms with Crippen molar-refractivity contribution < 1.29 is 9.18 Å². The van der Waals surface area contributed by atoms with Gasteiger partial charge >= 0.3 is 6.03 Å². The summed E-state index contributed by atoms with van der Waals surface area (Å²) in [4.78, 5) is 12.4. The largest absolute Gasteiger partial charge is 0.350 e. The third-order valence-corrected chi connectivity index (χ3v) is 3.68. The zero-order valence-electron chi connectivity index (χ0n) is 10.3. The van der Waals surface area contributed by atoms with Gasteiger partial charge in [0.25, 0.3) is 0 Å². The lowest BCUT2D eigenvalue weighted by Gasteiger charge is -1.96. The topological polar surface area (TPSA) is 60.9 Å². The molecule has 0 atom stereocenters. The lowest BCUT2D eigenvalue weighted by atomic mass is 10.2. The molecule has 100 valence electrons. The molecule has 3 aromatic rings. The van der Waals surface area contributed by atoms with Gasteiger partial charge in [-0.15, -0.1) is 11.3 Å². The number of nitrogens with two attached hydrogens (primary N) is 1. The van der Waals surface area contributed by atoms with Crippen molar-refractivity contribution in [2.45, 2.75) is 0 Å². The van der Waals surface area contributed by atoms with Crippen LogP contribution in [-0.2, 0) is 0 Å². The molecule has 0 bridgehead atoms. The molecule has 2 heterocycles. The van der Waals surface area contributed by atoms with E-state index in [1.54, 1.807) is 29.5 Å². The van der Waals surface area contributed by atoms with E-state index in [2.05, 4.69) is 5.10 Å². The zero-order valence-corrected chi connectivity index (χ0v) is 11.1. The second kappa shape index (κ2) is 4.90. The lowest BCUT2D eigenvalue weighted by Crippen LogP contribution is -2.21. The molecule has 1 amide bonds. The minimum absolute atomic E-state index is 0.103. The van der Waals surface area contributed by atoms with Crippen LogP contribution in [0.5, 0.6) is 0 Å². The Kier molecular flexibility index (Phi) is 3.08. The molecule has 0 unspecified atom stereocenters. The lowest BCUT2D eigenvalue weighted by molar-refractivity contribution is 0.248. The van der Waals surface area contributed by atoms with Crippen LogP contribution >= 0.6 is 11.3 Å². The maximum absolute atomic E-state index is 13.8. The molecule has 1 aromatic carbocycles. The van der Waals surface area contributed by atoms with Crippen LogP contribution in [0.15, 0.2) is 35.7 Å². The van der Waals surface area contributed by atoms with E-state index in [-0.39, 0.29) is 5.52 Å². The standard InChI is InChI=1S/C14H10FN3OS/c15-11-5-1-4-10-12(7-6-9-3-2-8-20-9)17-18(13(10)11)14(16)19/h1-8H,(H2,16,19). The van der Waals surface area contributed by atoms with Crippen LogP contribution in [0.4, 0.5) is 9.18 Å². The predicted molar refractivity (Wildman–Crippen MR) is 77.9 cm³/mol. The first-order chi connectivity index (χ1) is 9.66. The molecular formula is C14H10FN3OS. The summed E-state index contributed by atoms with van der Waals surface area (Å²) in [5, 5.41) is 6.58. The molecule has 2 aromatic heterocycles. The van der Waals surface area contributed by atoms with Gasteiger partial charge in [-0.05, 0) is 29.7 Å². The van der Waals surface area contributed by atoms with E-state index in [0.717, 1.165) is 9.56 Å². The number of carbonyl (C=O) groups is 1. The number of thiophene rings is 1. The van der Waals surface area contributed by atoms with Gasteiger partial charge in [0.15, 0.2) is 0 Å². The van der Waals surface area contributed by atoms with Crippen molar-refractivity contribution in [1.29, 1.82) is 0 Å². The van der Waals surface area contributed by atoms with E-state index in [0.29, 0.717) is 11.1 Å². The van der Waals surface area contributed by atoms with E-state index < -0.39 is 11.8 Å². The van der Waals surface area contributed by atoms with E-state index in [1.807, 2.05) is 23.6 Å². The molecule has 2 N–H and O–H groups in total. The molecule has 0 saturated heterocycles. The summed E-state index contributed by atoms with van der Waals surface area (Å²) in [7, 11) is 0. The number of rotatable bonds is 2. The van der Waals surface area contributed by atoms with Gasteiger partial charge in [0.1, 0.15) is 11.3 Å². The minimum Gasteiger partial charge on any atom is -0.350 e. The number of aromatic nitrogens is 2. The Labute approximate surface area is 117 Å². The number of fused-ring (bicyclic) bond motifs is 1. The molecule has 0 radical (unpaired) electrons. The predicted octanol–water partition coefficient (Wildman–Crippen LogP) is 3.33. The first-order valence-corrected chi connectivity index (χ1v) is 6.73. The van der Waals surface area contributed by atoms with Crippen LogP contribution in [0, 0.1) is 5.82 Å². The molecule has 0 saturated carbocycles. The second-order valence-electron chi connectivity index (χ2n) is 4.12. The van der Waals surface area contributed by atoms with Gasteiger partial charge in [-0.1, -0.05) is 18.2 Å². The van der Waals surface area contributed by atoms with E-state index in [1.165, 1.54) is 6.07 Å². The number of carbonyl (C=O) groups excluding carboxylic acids is 1. The second-order valence-corrected chi connectivity index (χ2v) is 5.10. The highest BCUT2D eigenvalue weighted by atomic mass is 32.1. The first-order valence-electron chi connectivity index (χ1n) is 5.85. The molecule has 0 aliphatic rings. The molecule has 6 heteroatoms. The molecule has 0 fully saturated rings. The summed E-state index contributed by atoms with van der Waals surface area (Å²) in [6.45, 7) is 0. The number of primary amides is 1. The quantitative estimate of drug-likeness (QED) is 0.785. The number of amides is 1. The molecule has 0 aliphatic carbocycles. The van der Waals surface area contributed by atoms with Gasteiger partial charge in [0.2, 0.25) is 0 Å². The Morgan fingerprint density at radius 3 is 2.85 bits per heavy atom. The summed E-state index contributed by atoms with van der Waals surface area (Å²) in [6, 6.07) is 7.64. The minimum atomic E-state index is -0.809. The highest BCUT2D eigenvalue weighted by Gasteiger charge is 2.15. The number of hydrogen-bond donors (Lipinski definition) is 1. The van der Waals surface area contributed by atoms with Gasteiger partial charge in [0.05, 0.1) is 5.69 Å². The number of hydrogen-bond acceptors (Lipinski definition) is 3.